The summed E-state index contributed by atoms with van der Waals surface area (Å²) < 4.78 is 1.90. The van der Waals surface area contributed by atoms with Crippen LogP contribution < -0.4 is 21.1 Å². The number of carbonyl (C=O) groups is 2. The number of para-hydroxylation sites is 2. The summed E-state index contributed by atoms with van der Waals surface area (Å²) >= 11 is 0. The van der Waals surface area contributed by atoms with E-state index in [4.69, 9.17) is 4.98 Å². The van der Waals surface area contributed by atoms with Crippen molar-refractivity contribution in [3.8, 4) is 0 Å². The van der Waals surface area contributed by atoms with Crippen LogP contribution in [0, 0.1) is 0 Å². The minimum Gasteiger partial charge on any atom is -0.352 e. The molecule has 4 rings (SSSR count). The molecule has 0 atom stereocenters. The van der Waals surface area contributed by atoms with Gasteiger partial charge in [0.25, 0.3) is 5.91 Å². The molecule has 0 saturated heterocycles. The number of imidazole rings is 1. The number of aromatic nitrogens is 2. The van der Waals surface area contributed by atoms with E-state index >= 15 is 0 Å². The third-order valence-corrected chi connectivity index (χ3v) is 5.67. The van der Waals surface area contributed by atoms with Crippen LogP contribution in [0.25, 0.3) is 23.7 Å². The van der Waals surface area contributed by atoms with E-state index in [1.165, 1.54) is 0 Å². The zero-order valence-electron chi connectivity index (χ0n) is 19.7. The first-order valence-corrected chi connectivity index (χ1v) is 11.5. The standard InChI is InChI=1S/C29H28N4O2/c1-3-24(19-23-14-8-7-11-21(23)2)31-28(34)20-33-26-16-10-9-15-25(26)32-27(33)17-18-30-29(35)22-12-5-4-6-13-22/h3-16,19H,2,17-18,20H2,1H3,(H,30,35)(H,31,34)/b23-19-,24-3+. The fraction of sp³-hybridized carbons (Fsp3) is 0.138. The molecule has 3 aromatic carbocycles. The van der Waals surface area contributed by atoms with Gasteiger partial charge in [0.15, 0.2) is 0 Å². The van der Waals surface area contributed by atoms with E-state index in [0.717, 1.165) is 27.3 Å². The minimum absolute atomic E-state index is 0.111. The quantitative estimate of drug-likeness (QED) is 0.421. The number of allylic oxidation sites excluding steroid dienone is 2. The van der Waals surface area contributed by atoms with Crippen molar-refractivity contribution in [2.45, 2.75) is 19.9 Å². The van der Waals surface area contributed by atoms with Gasteiger partial charge in [0.1, 0.15) is 12.4 Å². The summed E-state index contributed by atoms with van der Waals surface area (Å²) in [6.07, 6.45) is 4.26. The summed E-state index contributed by atoms with van der Waals surface area (Å²) in [5, 5.41) is 7.76. The lowest BCUT2D eigenvalue weighted by Gasteiger charge is -2.11. The normalized spacial score (nSPS) is 12.0. The van der Waals surface area contributed by atoms with Crippen molar-refractivity contribution >= 4 is 35.5 Å². The van der Waals surface area contributed by atoms with Gasteiger partial charge in [0, 0.05) is 24.2 Å². The van der Waals surface area contributed by atoms with E-state index < -0.39 is 0 Å². The number of fused-ring (bicyclic) bond motifs is 1. The highest BCUT2D eigenvalue weighted by Gasteiger charge is 2.14. The molecule has 0 spiro atoms. The predicted octanol–water partition coefficient (Wildman–Crippen LogP) is 2.92. The van der Waals surface area contributed by atoms with Crippen molar-refractivity contribution < 1.29 is 9.59 Å². The summed E-state index contributed by atoms with van der Waals surface area (Å²) in [4.78, 5) is 30.1. The van der Waals surface area contributed by atoms with Gasteiger partial charge < -0.3 is 15.2 Å². The number of rotatable bonds is 8. The molecule has 0 fully saturated rings. The number of hydrogen-bond acceptors (Lipinski definition) is 3. The maximum absolute atomic E-state index is 13.0. The van der Waals surface area contributed by atoms with Crippen LogP contribution in [0.1, 0.15) is 23.1 Å². The largest absolute Gasteiger partial charge is 0.352 e. The summed E-state index contributed by atoms with van der Waals surface area (Å²) in [6.45, 7) is 6.44. The summed E-state index contributed by atoms with van der Waals surface area (Å²) in [5.41, 5.74) is 3.00. The van der Waals surface area contributed by atoms with Gasteiger partial charge in [-0.05, 0) is 47.7 Å². The van der Waals surface area contributed by atoms with Gasteiger partial charge >= 0.3 is 0 Å². The molecule has 6 heteroatoms. The number of amides is 2. The molecule has 0 unspecified atom stereocenters. The average Bonchev–Trinajstić information content (AvgIpc) is 3.22. The summed E-state index contributed by atoms with van der Waals surface area (Å²) in [6, 6.07) is 24.6. The summed E-state index contributed by atoms with van der Waals surface area (Å²) in [7, 11) is 0. The molecular weight excluding hydrogens is 436 g/mol. The van der Waals surface area contributed by atoms with Crippen molar-refractivity contribution in [2.24, 2.45) is 0 Å². The maximum Gasteiger partial charge on any atom is 0.251 e. The second kappa shape index (κ2) is 11.1. The molecule has 4 aromatic rings. The van der Waals surface area contributed by atoms with E-state index in [9.17, 15) is 9.59 Å². The Labute approximate surface area is 204 Å². The van der Waals surface area contributed by atoms with Gasteiger partial charge in [-0.25, -0.2) is 4.98 Å². The van der Waals surface area contributed by atoms with Crippen LogP contribution in [0.3, 0.4) is 0 Å². The Morgan fingerprint density at radius 2 is 1.69 bits per heavy atom. The lowest BCUT2D eigenvalue weighted by atomic mass is 10.2. The van der Waals surface area contributed by atoms with Crippen molar-refractivity contribution in [1.29, 1.82) is 0 Å². The van der Waals surface area contributed by atoms with Crippen molar-refractivity contribution in [2.75, 3.05) is 6.54 Å². The molecule has 2 N–H and O–H groups in total. The fourth-order valence-electron chi connectivity index (χ4n) is 3.85. The molecule has 2 amide bonds. The first-order valence-electron chi connectivity index (χ1n) is 11.5. The molecule has 0 aliphatic rings. The number of benzene rings is 3. The first kappa shape index (κ1) is 23.7. The third-order valence-electron chi connectivity index (χ3n) is 5.67. The van der Waals surface area contributed by atoms with Crippen LogP contribution in [-0.4, -0.2) is 27.9 Å². The smallest absolute Gasteiger partial charge is 0.251 e. The Morgan fingerprint density at radius 1 is 0.971 bits per heavy atom. The van der Waals surface area contributed by atoms with Gasteiger partial charge in [-0.2, -0.15) is 0 Å². The van der Waals surface area contributed by atoms with Crippen LogP contribution in [0.5, 0.6) is 0 Å². The van der Waals surface area contributed by atoms with E-state index in [1.807, 2.05) is 90.4 Å². The molecule has 0 aliphatic carbocycles. The van der Waals surface area contributed by atoms with Crippen LogP contribution >= 0.6 is 0 Å². The van der Waals surface area contributed by atoms with E-state index in [-0.39, 0.29) is 18.4 Å². The molecule has 0 saturated carbocycles. The van der Waals surface area contributed by atoms with Crippen LogP contribution in [0.15, 0.2) is 90.6 Å². The van der Waals surface area contributed by atoms with Gasteiger partial charge in [-0.3, -0.25) is 9.59 Å². The topological polar surface area (TPSA) is 76.0 Å². The van der Waals surface area contributed by atoms with Gasteiger partial charge in [0.05, 0.1) is 11.0 Å². The number of nitrogens with zero attached hydrogens (tertiary/aromatic N) is 2. The lowest BCUT2D eigenvalue weighted by Crippen LogP contribution is -2.30. The second-order valence-electron chi connectivity index (χ2n) is 8.11. The SMILES string of the molecule is C=c1cccc/c1=C/C(=C\C)NC(=O)Cn1c(CCNC(=O)c2ccccc2)nc2ccccc21. The molecule has 6 nitrogen and oxygen atoms in total. The minimum atomic E-state index is -0.159. The maximum atomic E-state index is 13.0. The molecule has 0 aliphatic heterocycles. The molecule has 176 valence electrons. The molecule has 1 heterocycles. The molecule has 1 aromatic heterocycles. The Balaban J connectivity index is 1.49. The second-order valence-corrected chi connectivity index (χ2v) is 8.11. The number of nitrogens with one attached hydrogen (secondary N) is 2. The molecule has 0 radical (unpaired) electrons. The third kappa shape index (κ3) is 5.92. The highest BCUT2D eigenvalue weighted by molar-refractivity contribution is 5.94. The lowest BCUT2D eigenvalue weighted by molar-refractivity contribution is -0.120. The molecular formula is C29H28N4O2. The first-order chi connectivity index (χ1) is 17.0. The van der Waals surface area contributed by atoms with Crippen molar-refractivity contribution in [3.05, 3.63) is 112 Å². The molecule has 35 heavy (non-hydrogen) atoms. The average molecular weight is 465 g/mol. The van der Waals surface area contributed by atoms with E-state index in [0.29, 0.717) is 24.2 Å². The molecule has 0 bridgehead atoms. The van der Waals surface area contributed by atoms with Crippen LogP contribution in [-0.2, 0) is 17.8 Å². The van der Waals surface area contributed by atoms with Crippen molar-refractivity contribution in [3.63, 3.8) is 0 Å². The Bertz CT molecular complexity index is 1490. The summed E-state index contributed by atoms with van der Waals surface area (Å²) in [5.74, 6) is 0.447. The Kier molecular flexibility index (Phi) is 7.53. The number of hydrogen-bond donors (Lipinski definition) is 2. The van der Waals surface area contributed by atoms with Crippen LogP contribution in [0.4, 0.5) is 0 Å². The van der Waals surface area contributed by atoms with E-state index in [2.05, 4.69) is 17.2 Å². The van der Waals surface area contributed by atoms with Gasteiger partial charge in [-0.1, -0.05) is 67.3 Å². The van der Waals surface area contributed by atoms with Gasteiger partial charge in [0.2, 0.25) is 5.91 Å². The monoisotopic (exact) mass is 464 g/mol. The Morgan fingerprint density at radius 3 is 2.46 bits per heavy atom. The van der Waals surface area contributed by atoms with Gasteiger partial charge in [-0.15, -0.1) is 0 Å². The zero-order chi connectivity index (χ0) is 24.6. The van der Waals surface area contributed by atoms with Crippen LogP contribution in [0.2, 0.25) is 0 Å². The number of carbonyl (C=O) groups excluding carboxylic acids is 2. The fourth-order valence-corrected chi connectivity index (χ4v) is 3.85. The van der Waals surface area contributed by atoms with Crippen molar-refractivity contribution in [1.82, 2.24) is 20.2 Å². The van der Waals surface area contributed by atoms with E-state index in [1.54, 1.807) is 12.1 Å². The Hall–Kier alpha value is -4.45. The zero-order valence-corrected chi connectivity index (χ0v) is 19.7. The predicted molar refractivity (Wildman–Crippen MR) is 140 cm³/mol. The highest BCUT2D eigenvalue weighted by Crippen LogP contribution is 2.16. The highest BCUT2D eigenvalue weighted by atomic mass is 16.2.